The highest BCUT2D eigenvalue weighted by Crippen LogP contribution is 2.25. The van der Waals surface area contributed by atoms with Crippen LogP contribution in [0.1, 0.15) is 0 Å². The molecule has 0 fully saturated rings. The molecule has 7 heteroatoms. The minimum Gasteiger partial charge on any atom is -0.335 e. The quantitative estimate of drug-likeness (QED) is 0.720. The Kier molecular flexibility index (Phi) is 3.24. The summed E-state index contributed by atoms with van der Waals surface area (Å²) in [7, 11) is 0. The van der Waals surface area contributed by atoms with E-state index in [0.29, 0.717) is 26.2 Å². The van der Waals surface area contributed by atoms with Crippen molar-refractivity contribution in [3.8, 4) is 0 Å². The standard InChI is InChI=1S/C12H7Br2FN4/c13-7-1-2-9(8(15)5-7)17-11-12-16-3-4-19(12)6-10(14)18-11/h1-6H,(H,17,18). The smallest absolute Gasteiger partial charge is 0.180 e. The maximum absolute atomic E-state index is 13.8. The molecule has 1 N–H and O–H groups in total. The number of nitrogens with one attached hydrogen (secondary N) is 1. The van der Waals surface area contributed by atoms with Crippen LogP contribution in [0.15, 0.2) is 45.9 Å². The lowest BCUT2D eigenvalue weighted by atomic mass is 10.3. The molecule has 0 aliphatic rings. The van der Waals surface area contributed by atoms with E-state index in [-0.39, 0.29) is 5.82 Å². The van der Waals surface area contributed by atoms with E-state index in [1.807, 2.05) is 0 Å². The molecule has 0 atom stereocenters. The van der Waals surface area contributed by atoms with Crippen molar-refractivity contribution in [1.82, 2.24) is 14.4 Å². The number of fused-ring (bicyclic) bond motifs is 1. The number of anilines is 2. The van der Waals surface area contributed by atoms with Gasteiger partial charge in [-0.2, -0.15) is 0 Å². The van der Waals surface area contributed by atoms with Gasteiger partial charge in [0.1, 0.15) is 10.4 Å². The van der Waals surface area contributed by atoms with Gasteiger partial charge in [-0.25, -0.2) is 14.4 Å². The molecule has 2 aromatic heterocycles. The number of imidazole rings is 1. The minimum atomic E-state index is -0.360. The van der Waals surface area contributed by atoms with E-state index in [1.165, 1.54) is 6.07 Å². The van der Waals surface area contributed by atoms with Gasteiger partial charge in [-0.3, -0.25) is 0 Å². The van der Waals surface area contributed by atoms with Crippen LogP contribution in [0.5, 0.6) is 0 Å². The van der Waals surface area contributed by atoms with Crippen molar-refractivity contribution in [1.29, 1.82) is 0 Å². The lowest BCUT2D eigenvalue weighted by Gasteiger charge is -2.08. The minimum absolute atomic E-state index is 0.346. The summed E-state index contributed by atoms with van der Waals surface area (Å²) >= 11 is 6.53. The van der Waals surface area contributed by atoms with Gasteiger partial charge in [-0.15, -0.1) is 0 Å². The molecule has 0 bridgehead atoms. The van der Waals surface area contributed by atoms with E-state index in [2.05, 4.69) is 47.1 Å². The van der Waals surface area contributed by atoms with Crippen LogP contribution < -0.4 is 5.32 Å². The van der Waals surface area contributed by atoms with E-state index in [4.69, 9.17) is 0 Å². The molecule has 2 heterocycles. The topological polar surface area (TPSA) is 42.2 Å². The van der Waals surface area contributed by atoms with Crippen LogP contribution in [0.25, 0.3) is 5.65 Å². The van der Waals surface area contributed by atoms with E-state index >= 15 is 0 Å². The molecular weight excluding hydrogens is 379 g/mol. The zero-order valence-electron chi connectivity index (χ0n) is 9.44. The average Bonchev–Trinajstić information content (AvgIpc) is 2.80. The Bertz CT molecular complexity index is 757. The molecule has 4 nitrogen and oxygen atoms in total. The number of nitrogens with zero attached hydrogens (tertiary/aromatic N) is 3. The summed E-state index contributed by atoms with van der Waals surface area (Å²) in [5.41, 5.74) is 0.976. The molecule has 0 spiro atoms. The first-order valence-corrected chi connectivity index (χ1v) is 6.93. The fourth-order valence-electron chi connectivity index (χ4n) is 1.70. The van der Waals surface area contributed by atoms with Gasteiger partial charge >= 0.3 is 0 Å². The van der Waals surface area contributed by atoms with Crippen molar-refractivity contribution in [2.45, 2.75) is 0 Å². The highest BCUT2D eigenvalue weighted by Gasteiger charge is 2.09. The maximum Gasteiger partial charge on any atom is 0.180 e. The molecule has 0 saturated carbocycles. The van der Waals surface area contributed by atoms with Gasteiger partial charge in [-0.05, 0) is 34.1 Å². The van der Waals surface area contributed by atoms with E-state index in [9.17, 15) is 4.39 Å². The molecule has 0 amide bonds. The number of halogens is 3. The average molecular weight is 386 g/mol. The zero-order valence-corrected chi connectivity index (χ0v) is 12.6. The van der Waals surface area contributed by atoms with Crippen LogP contribution in [0, 0.1) is 5.82 Å². The van der Waals surface area contributed by atoms with Gasteiger partial charge in [0.15, 0.2) is 11.5 Å². The lowest BCUT2D eigenvalue weighted by molar-refractivity contribution is 0.631. The second-order valence-corrected chi connectivity index (χ2v) is 5.55. The molecule has 3 rings (SSSR count). The summed E-state index contributed by atoms with van der Waals surface area (Å²) in [5.74, 6) is 0.126. The van der Waals surface area contributed by atoms with Crippen molar-refractivity contribution in [3.63, 3.8) is 0 Å². The molecule has 3 aromatic rings. The first-order valence-electron chi connectivity index (χ1n) is 5.35. The predicted octanol–water partition coefficient (Wildman–Crippen LogP) is 4.14. The third-order valence-electron chi connectivity index (χ3n) is 2.53. The van der Waals surface area contributed by atoms with Crippen LogP contribution >= 0.6 is 31.9 Å². The maximum atomic E-state index is 13.8. The summed E-state index contributed by atoms with van der Waals surface area (Å²) in [6, 6.07) is 4.79. The number of hydrogen-bond donors (Lipinski definition) is 1. The highest BCUT2D eigenvalue weighted by molar-refractivity contribution is 9.10. The summed E-state index contributed by atoms with van der Waals surface area (Å²) in [6.07, 6.45) is 5.24. The molecule has 0 saturated heterocycles. The van der Waals surface area contributed by atoms with Gasteiger partial charge < -0.3 is 9.72 Å². The third-order valence-corrected chi connectivity index (χ3v) is 3.40. The Balaban J connectivity index is 2.07. The number of rotatable bonds is 2. The highest BCUT2D eigenvalue weighted by atomic mass is 79.9. The van der Waals surface area contributed by atoms with Crippen LogP contribution in [-0.4, -0.2) is 14.4 Å². The molecule has 0 aliphatic heterocycles. The molecule has 96 valence electrons. The number of benzene rings is 1. The van der Waals surface area contributed by atoms with Gasteiger partial charge in [0, 0.05) is 23.1 Å². The van der Waals surface area contributed by atoms with Gasteiger partial charge in [0.25, 0.3) is 0 Å². The fourth-order valence-corrected chi connectivity index (χ4v) is 2.43. The van der Waals surface area contributed by atoms with Crippen molar-refractivity contribution in [2.24, 2.45) is 0 Å². The van der Waals surface area contributed by atoms with Crippen molar-refractivity contribution in [3.05, 3.63) is 51.7 Å². The fraction of sp³-hybridized carbons (Fsp3) is 0. The Morgan fingerprint density at radius 2 is 2.11 bits per heavy atom. The molecule has 0 aliphatic carbocycles. The van der Waals surface area contributed by atoms with Crippen molar-refractivity contribution < 1.29 is 4.39 Å². The SMILES string of the molecule is Fc1cc(Br)ccc1Nc1nc(Br)cn2ccnc12. The van der Waals surface area contributed by atoms with Crippen LogP contribution in [-0.2, 0) is 0 Å². The van der Waals surface area contributed by atoms with E-state index < -0.39 is 0 Å². The van der Waals surface area contributed by atoms with Gasteiger partial charge in [0.05, 0.1) is 5.69 Å². The first kappa shape index (κ1) is 12.6. The predicted molar refractivity (Wildman–Crippen MR) is 78.1 cm³/mol. The normalized spacial score (nSPS) is 10.9. The Labute approximate surface area is 124 Å². The van der Waals surface area contributed by atoms with E-state index in [1.54, 1.807) is 35.1 Å². The number of hydrogen-bond acceptors (Lipinski definition) is 3. The zero-order chi connectivity index (χ0) is 13.4. The van der Waals surface area contributed by atoms with Gasteiger partial charge in [-0.1, -0.05) is 15.9 Å². The largest absolute Gasteiger partial charge is 0.335 e. The first-order chi connectivity index (χ1) is 9.13. The van der Waals surface area contributed by atoms with Crippen LogP contribution in [0.4, 0.5) is 15.9 Å². The Hall–Kier alpha value is -1.47. The molecule has 19 heavy (non-hydrogen) atoms. The second-order valence-electron chi connectivity index (χ2n) is 3.82. The lowest BCUT2D eigenvalue weighted by Crippen LogP contribution is -2.00. The molecule has 0 radical (unpaired) electrons. The second kappa shape index (κ2) is 4.90. The Morgan fingerprint density at radius 1 is 1.26 bits per heavy atom. The van der Waals surface area contributed by atoms with Crippen LogP contribution in [0.2, 0.25) is 0 Å². The molecular formula is C12H7Br2FN4. The van der Waals surface area contributed by atoms with E-state index in [0.717, 1.165) is 0 Å². The Morgan fingerprint density at radius 3 is 2.89 bits per heavy atom. The summed E-state index contributed by atoms with van der Waals surface area (Å²) < 4.78 is 16.9. The third kappa shape index (κ3) is 2.48. The molecule has 0 unspecified atom stereocenters. The summed E-state index contributed by atoms with van der Waals surface area (Å²) in [5, 5.41) is 2.95. The monoisotopic (exact) mass is 384 g/mol. The van der Waals surface area contributed by atoms with Crippen molar-refractivity contribution >= 4 is 49.0 Å². The molecule has 1 aromatic carbocycles. The summed E-state index contributed by atoms with van der Waals surface area (Å²) in [4.78, 5) is 8.46. The van der Waals surface area contributed by atoms with Gasteiger partial charge in [0.2, 0.25) is 0 Å². The summed E-state index contributed by atoms with van der Waals surface area (Å²) in [6.45, 7) is 0. The van der Waals surface area contributed by atoms with Crippen molar-refractivity contribution in [2.75, 3.05) is 5.32 Å². The van der Waals surface area contributed by atoms with Crippen LogP contribution in [0.3, 0.4) is 0 Å². The number of aromatic nitrogens is 3.